The van der Waals surface area contributed by atoms with Gasteiger partial charge in [-0.1, -0.05) is 30.7 Å². The van der Waals surface area contributed by atoms with Crippen molar-refractivity contribution in [2.45, 2.75) is 71.1 Å². The van der Waals surface area contributed by atoms with Gasteiger partial charge < -0.3 is 0 Å². The van der Waals surface area contributed by atoms with Crippen LogP contribution in [-0.4, -0.2) is 0 Å². The predicted molar refractivity (Wildman–Crippen MR) is 92.0 cm³/mol. The highest BCUT2D eigenvalue weighted by molar-refractivity contribution is 5.37. The lowest BCUT2D eigenvalue weighted by molar-refractivity contribution is 0.0217. The maximum Gasteiger partial charge on any atom is -0.0128 e. The van der Waals surface area contributed by atoms with E-state index in [-0.39, 0.29) is 0 Å². The molecule has 0 heterocycles. The molecule has 3 fully saturated rings. The first-order valence-electron chi connectivity index (χ1n) is 9.76. The van der Waals surface area contributed by atoms with Gasteiger partial charge in [0, 0.05) is 0 Å². The van der Waals surface area contributed by atoms with Crippen molar-refractivity contribution < 1.29 is 0 Å². The number of fused-ring (bicyclic) bond motifs is 5. The van der Waals surface area contributed by atoms with Gasteiger partial charge in [0.15, 0.2) is 0 Å². The minimum absolute atomic E-state index is 0.699. The number of rotatable bonds is 1. The van der Waals surface area contributed by atoms with E-state index in [0.29, 0.717) is 5.41 Å². The highest BCUT2D eigenvalue weighted by Gasteiger charge is 2.57. The minimum Gasteiger partial charge on any atom is -0.0591 e. The molecule has 4 aliphatic rings. The Kier molecular flexibility index (Phi) is 2.86. The molecule has 5 rings (SSSR count). The van der Waals surface area contributed by atoms with Crippen molar-refractivity contribution in [2.75, 3.05) is 0 Å². The molecule has 0 heteroatoms. The molecule has 0 aromatic heterocycles. The Morgan fingerprint density at radius 3 is 2.59 bits per heavy atom. The lowest BCUT2D eigenvalue weighted by atomic mass is 9.53. The van der Waals surface area contributed by atoms with Crippen molar-refractivity contribution in [3.05, 3.63) is 34.9 Å². The minimum atomic E-state index is 0.699. The molecule has 0 saturated heterocycles. The van der Waals surface area contributed by atoms with Crippen molar-refractivity contribution in [3.63, 3.8) is 0 Å². The molecule has 5 atom stereocenters. The molecule has 3 saturated carbocycles. The van der Waals surface area contributed by atoms with E-state index in [1.165, 1.54) is 31.2 Å². The summed E-state index contributed by atoms with van der Waals surface area (Å²) in [5.41, 5.74) is 5.57. The summed E-state index contributed by atoms with van der Waals surface area (Å²) in [5, 5.41) is 0. The van der Waals surface area contributed by atoms with E-state index in [1.54, 1.807) is 36.8 Å². The largest absolute Gasteiger partial charge is 0.0591 e. The van der Waals surface area contributed by atoms with Gasteiger partial charge in [-0.2, -0.15) is 0 Å². The molecule has 0 spiro atoms. The van der Waals surface area contributed by atoms with E-state index in [1.807, 2.05) is 0 Å². The second-order valence-electron chi connectivity index (χ2n) is 9.18. The fourth-order valence-electron chi connectivity index (χ4n) is 7.02. The number of aryl methyl sites for hydroxylation is 2. The Morgan fingerprint density at radius 1 is 0.955 bits per heavy atom. The van der Waals surface area contributed by atoms with Crippen molar-refractivity contribution >= 4 is 0 Å². The topological polar surface area (TPSA) is 0 Å². The fraction of sp³-hybridized carbons (Fsp3) is 0.727. The van der Waals surface area contributed by atoms with Gasteiger partial charge in [0.1, 0.15) is 0 Å². The molecule has 1 aromatic rings. The molecule has 0 aliphatic heterocycles. The van der Waals surface area contributed by atoms with Crippen LogP contribution in [0.1, 0.15) is 74.5 Å². The maximum atomic E-state index is 2.69. The third-order valence-electron chi connectivity index (χ3n) is 8.15. The molecule has 1 aromatic carbocycles. The van der Waals surface area contributed by atoms with Gasteiger partial charge in [0.05, 0.1) is 0 Å². The molecule has 5 unspecified atom stereocenters. The fourth-order valence-corrected chi connectivity index (χ4v) is 7.02. The van der Waals surface area contributed by atoms with Crippen molar-refractivity contribution in [3.8, 4) is 0 Å². The summed E-state index contributed by atoms with van der Waals surface area (Å²) < 4.78 is 0. The Bertz CT molecular complexity index is 596. The van der Waals surface area contributed by atoms with Crippen LogP contribution in [-0.2, 0) is 6.42 Å². The lowest BCUT2D eigenvalue weighted by Crippen LogP contribution is -2.42. The molecule has 0 bridgehead atoms. The molecule has 0 radical (unpaired) electrons. The molecular formula is C22H30. The molecule has 0 amide bonds. The SMILES string of the molecule is Cc1ccc2c(c1)CCC1C2CCC2(C)C(C3CC3)CCC12. The number of hydrogen-bond acceptors (Lipinski definition) is 0. The van der Waals surface area contributed by atoms with Crippen LogP contribution in [0, 0.1) is 36.0 Å². The Balaban J connectivity index is 1.49. The van der Waals surface area contributed by atoms with Gasteiger partial charge in [-0.3, -0.25) is 0 Å². The summed E-state index contributed by atoms with van der Waals surface area (Å²) >= 11 is 0. The smallest absolute Gasteiger partial charge is 0.0128 e. The third-order valence-corrected chi connectivity index (χ3v) is 8.15. The van der Waals surface area contributed by atoms with E-state index in [4.69, 9.17) is 0 Å². The second kappa shape index (κ2) is 4.62. The van der Waals surface area contributed by atoms with Crippen molar-refractivity contribution in [1.82, 2.24) is 0 Å². The molecule has 0 N–H and O–H groups in total. The van der Waals surface area contributed by atoms with Gasteiger partial charge >= 0.3 is 0 Å². The Labute approximate surface area is 135 Å². The average Bonchev–Trinajstić information content (AvgIpc) is 3.28. The van der Waals surface area contributed by atoms with Crippen LogP contribution in [0.15, 0.2) is 18.2 Å². The number of hydrogen-bond donors (Lipinski definition) is 0. The summed E-state index contributed by atoms with van der Waals surface area (Å²) in [7, 11) is 0. The zero-order chi connectivity index (χ0) is 14.9. The summed E-state index contributed by atoms with van der Waals surface area (Å²) in [5.74, 6) is 5.12. The van der Waals surface area contributed by atoms with E-state index in [0.717, 1.165) is 29.6 Å². The highest BCUT2D eigenvalue weighted by Crippen LogP contribution is 2.66. The molecular weight excluding hydrogens is 264 g/mol. The van der Waals surface area contributed by atoms with Gasteiger partial charge in [-0.25, -0.2) is 0 Å². The summed E-state index contributed by atoms with van der Waals surface area (Å²) in [6.07, 6.45) is 12.0. The van der Waals surface area contributed by atoms with E-state index in [2.05, 4.69) is 32.0 Å². The molecule has 118 valence electrons. The maximum absolute atomic E-state index is 2.69. The monoisotopic (exact) mass is 294 g/mol. The zero-order valence-electron chi connectivity index (χ0n) is 14.3. The van der Waals surface area contributed by atoms with E-state index >= 15 is 0 Å². The Morgan fingerprint density at radius 2 is 1.77 bits per heavy atom. The Hall–Kier alpha value is -0.780. The lowest BCUT2D eigenvalue weighted by Gasteiger charge is -2.51. The van der Waals surface area contributed by atoms with Gasteiger partial charge in [0.2, 0.25) is 0 Å². The van der Waals surface area contributed by atoms with Crippen LogP contribution in [0.5, 0.6) is 0 Å². The van der Waals surface area contributed by atoms with E-state index < -0.39 is 0 Å². The summed E-state index contributed by atoms with van der Waals surface area (Å²) in [6.45, 7) is 4.94. The standard InChI is InChI=1S/C22H30/c1-14-3-7-17-16(13-14)6-8-19-18(17)11-12-22(2)20(15-4-5-15)9-10-21(19)22/h3,7,13,15,18-21H,4-6,8-12H2,1-2H3. The van der Waals surface area contributed by atoms with Crippen molar-refractivity contribution in [2.24, 2.45) is 29.1 Å². The predicted octanol–water partition coefficient (Wildman–Crippen LogP) is 5.88. The first kappa shape index (κ1) is 13.6. The van der Waals surface area contributed by atoms with Crippen LogP contribution in [0.2, 0.25) is 0 Å². The van der Waals surface area contributed by atoms with Gasteiger partial charge in [0.25, 0.3) is 0 Å². The molecule has 22 heavy (non-hydrogen) atoms. The zero-order valence-corrected chi connectivity index (χ0v) is 14.3. The number of benzene rings is 1. The van der Waals surface area contributed by atoms with Crippen LogP contribution < -0.4 is 0 Å². The summed E-state index contributed by atoms with van der Waals surface area (Å²) in [6, 6.07) is 7.31. The third kappa shape index (κ3) is 1.82. The van der Waals surface area contributed by atoms with Crippen molar-refractivity contribution in [1.29, 1.82) is 0 Å². The normalized spacial score (nSPS) is 43.4. The second-order valence-corrected chi connectivity index (χ2v) is 9.18. The van der Waals surface area contributed by atoms with Gasteiger partial charge in [-0.05, 0) is 104 Å². The average molecular weight is 294 g/mol. The van der Waals surface area contributed by atoms with Crippen LogP contribution in [0.4, 0.5) is 0 Å². The van der Waals surface area contributed by atoms with Crippen LogP contribution in [0.25, 0.3) is 0 Å². The summed E-state index contributed by atoms with van der Waals surface area (Å²) in [4.78, 5) is 0. The van der Waals surface area contributed by atoms with E-state index in [9.17, 15) is 0 Å². The quantitative estimate of drug-likeness (QED) is 0.607. The molecule has 0 nitrogen and oxygen atoms in total. The molecule has 4 aliphatic carbocycles. The highest BCUT2D eigenvalue weighted by atomic mass is 14.6. The first-order valence-corrected chi connectivity index (χ1v) is 9.76. The first-order chi connectivity index (χ1) is 10.7. The van der Waals surface area contributed by atoms with Crippen LogP contribution in [0.3, 0.4) is 0 Å². The van der Waals surface area contributed by atoms with Crippen LogP contribution >= 0.6 is 0 Å². The van der Waals surface area contributed by atoms with Gasteiger partial charge in [-0.15, -0.1) is 0 Å².